The van der Waals surface area contributed by atoms with E-state index < -0.39 is 11.7 Å². The van der Waals surface area contributed by atoms with Crippen molar-refractivity contribution in [3.8, 4) is 0 Å². The molecule has 0 bridgehead atoms. The van der Waals surface area contributed by atoms with Crippen LogP contribution in [0.1, 0.15) is 21.5 Å². The molecule has 168 valence electrons. The second-order valence-electron chi connectivity index (χ2n) is 7.78. The predicted octanol–water partition coefficient (Wildman–Crippen LogP) is 5.92. The number of para-hydroxylation sites is 1. The van der Waals surface area contributed by atoms with Crippen molar-refractivity contribution in [1.29, 1.82) is 0 Å². The fraction of sp³-hybridized carbons (Fsp3) is 0.0385. The van der Waals surface area contributed by atoms with E-state index in [9.17, 15) is 9.59 Å². The van der Waals surface area contributed by atoms with Gasteiger partial charge in [-0.1, -0.05) is 57.9 Å². The van der Waals surface area contributed by atoms with E-state index in [4.69, 9.17) is 11.6 Å². The minimum atomic E-state index is -0.799. The normalized spacial score (nSPS) is 11.5. The van der Waals surface area contributed by atoms with Crippen molar-refractivity contribution in [3.05, 3.63) is 105 Å². The van der Waals surface area contributed by atoms with Crippen molar-refractivity contribution in [2.24, 2.45) is 5.10 Å². The molecule has 0 aliphatic heterocycles. The highest BCUT2D eigenvalue weighted by Gasteiger charge is 2.19. The Balaban J connectivity index is 1.38. The Bertz CT molecular complexity index is 1570. The number of carbonyl (C=O) groups is 2. The zero-order chi connectivity index (χ0) is 23.7. The van der Waals surface area contributed by atoms with E-state index >= 15 is 0 Å². The first-order valence-electron chi connectivity index (χ1n) is 10.5. The van der Waals surface area contributed by atoms with E-state index in [0.717, 1.165) is 32.0 Å². The molecule has 0 saturated carbocycles. The number of fused-ring (bicyclic) bond motifs is 2. The second-order valence-corrected chi connectivity index (χ2v) is 9.13. The summed E-state index contributed by atoms with van der Waals surface area (Å²) in [6, 6.07) is 21.0. The molecule has 1 amide bonds. The molecule has 3 aromatic carbocycles. The number of aromatic nitrogens is 2. The summed E-state index contributed by atoms with van der Waals surface area (Å²) in [5, 5.41) is 6.41. The van der Waals surface area contributed by atoms with Crippen molar-refractivity contribution < 1.29 is 9.59 Å². The molecule has 8 heteroatoms. The summed E-state index contributed by atoms with van der Waals surface area (Å²) in [6.45, 7) is 0.647. The van der Waals surface area contributed by atoms with Gasteiger partial charge in [-0.2, -0.15) is 5.10 Å². The van der Waals surface area contributed by atoms with Crippen LogP contribution in [-0.4, -0.2) is 27.5 Å². The first-order chi connectivity index (χ1) is 16.5. The molecule has 2 aromatic heterocycles. The van der Waals surface area contributed by atoms with Crippen molar-refractivity contribution >= 4 is 67.2 Å². The average Bonchev–Trinajstić information content (AvgIpc) is 3.41. The number of amides is 1. The van der Waals surface area contributed by atoms with Gasteiger partial charge in [-0.05, 0) is 42.0 Å². The number of benzene rings is 3. The molecular formula is C26H18BrClN4O2. The van der Waals surface area contributed by atoms with Crippen LogP contribution < -0.4 is 5.43 Å². The Kier molecular flexibility index (Phi) is 6.04. The molecular weight excluding hydrogens is 516 g/mol. The van der Waals surface area contributed by atoms with Gasteiger partial charge in [-0.25, -0.2) is 5.43 Å². The Morgan fingerprint density at radius 2 is 1.85 bits per heavy atom. The van der Waals surface area contributed by atoms with Crippen LogP contribution in [0.15, 0.2) is 88.7 Å². The van der Waals surface area contributed by atoms with Crippen LogP contribution in [0.2, 0.25) is 5.02 Å². The Labute approximate surface area is 208 Å². The van der Waals surface area contributed by atoms with E-state index in [0.29, 0.717) is 22.5 Å². The molecule has 5 rings (SSSR count). The van der Waals surface area contributed by atoms with Gasteiger partial charge in [0, 0.05) is 55.8 Å². The van der Waals surface area contributed by atoms with Gasteiger partial charge in [0.2, 0.25) is 0 Å². The topological polar surface area (TPSA) is 79.2 Å². The van der Waals surface area contributed by atoms with Gasteiger partial charge >= 0.3 is 5.91 Å². The molecule has 0 fully saturated rings. The van der Waals surface area contributed by atoms with Gasteiger partial charge in [-0.15, -0.1) is 0 Å². The Morgan fingerprint density at radius 3 is 2.68 bits per heavy atom. The van der Waals surface area contributed by atoms with E-state index in [1.165, 1.54) is 6.20 Å². The fourth-order valence-electron chi connectivity index (χ4n) is 3.91. The highest BCUT2D eigenvalue weighted by Crippen LogP contribution is 2.25. The van der Waals surface area contributed by atoms with Crippen LogP contribution in [0, 0.1) is 0 Å². The van der Waals surface area contributed by atoms with E-state index in [-0.39, 0.29) is 0 Å². The van der Waals surface area contributed by atoms with Gasteiger partial charge < -0.3 is 9.55 Å². The highest BCUT2D eigenvalue weighted by atomic mass is 79.9. The zero-order valence-electron chi connectivity index (χ0n) is 17.8. The highest BCUT2D eigenvalue weighted by molar-refractivity contribution is 9.10. The lowest BCUT2D eigenvalue weighted by molar-refractivity contribution is -0.116. The third-order valence-corrected chi connectivity index (χ3v) is 6.30. The second kappa shape index (κ2) is 9.29. The summed E-state index contributed by atoms with van der Waals surface area (Å²) in [5.41, 5.74) is 6.39. The number of Topliss-reactive ketones (excluding diaryl/α,β-unsaturated/α-hetero) is 1. The van der Waals surface area contributed by atoms with Crippen LogP contribution in [0.25, 0.3) is 21.8 Å². The third kappa shape index (κ3) is 4.40. The van der Waals surface area contributed by atoms with Crippen molar-refractivity contribution in [2.75, 3.05) is 0 Å². The van der Waals surface area contributed by atoms with Crippen LogP contribution in [0.5, 0.6) is 0 Å². The summed E-state index contributed by atoms with van der Waals surface area (Å²) < 4.78 is 3.03. The summed E-state index contributed by atoms with van der Waals surface area (Å²) >= 11 is 9.52. The lowest BCUT2D eigenvalue weighted by Crippen LogP contribution is -2.27. The number of aromatic amines is 1. The molecule has 0 saturated heterocycles. The van der Waals surface area contributed by atoms with Gasteiger partial charge in [-0.3, -0.25) is 9.59 Å². The van der Waals surface area contributed by atoms with Gasteiger partial charge in [0.25, 0.3) is 5.78 Å². The number of rotatable bonds is 6. The monoisotopic (exact) mass is 532 g/mol. The minimum Gasteiger partial charge on any atom is -0.360 e. The molecule has 34 heavy (non-hydrogen) atoms. The fourth-order valence-corrected chi connectivity index (χ4v) is 4.40. The maximum Gasteiger partial charge on any atom is 0.312 e. The molecule has 0 atom stereocenters. The molecule has 0 aliphatic carbocycles. The number of nitrogens with one attached hydrogen (secondary N) is 2. The molecule has 0 radical (unpaired) electrons. The Morgan fingerprint density at radius 1 is 1.06 bits per heavy atom. The standard InChI is InChI=1S/C26H18BrClN4O2/c27-18-7-10-24-21(11-18)17(15-32(24)14-16-5-8-19(28)9-6-16)12-30-31-26(34)25(33)22-13-29-23-4-2-1-3-20(22)23/h1-13,15,29H,14H2,(H,31,34)/b30-12+. The smallest absolute Gasteiger partial charge is 0.312 e. The third-order valence-electron chi connectivity index (χ3n) is 5.55. The number of H-pyrrole nitrogens is 1. The first kappa shape index (κ1) is 22.1. The minimum absolute atomic E-state index is 0.312. The number of ketones is 1. The SMILES string of the molecule is O=C(N/N=C/c1cn(Cc2ccc(Cl)cc2)c2ccc(Br)cc12)C(=O)c1c[nH]c2ccccc12. The number of nitrogens with zero attached hydrogens (tertiary/aromatic N) is 2. The first-order valence-corrected chi connectivity index (χ1v) is 11.6. The van der Waals surface area contributed by atoms with Crippen molar-refractivity contribution in [1.82, 2.24) is 15.0 Å². The molecule has 2 N–H and O–H groups in total. The lowest BCUT2D eigenvalue weighted by atomic mass is 10.1. The summed E-state index contributed by atoms with van der Waals surface area (Å²) in [5.74, 6) is -1.45. The molecule has 0 unspecified atom stereocenters. The lowest BCUT2D eigenvalue weighted by Gasteiger charge is -2.06. The molecule has 0 spiro atoms. The van der Waals surface area contributed by atoms with Gasteiger partial charge in [0.1, 0.15) is 0 Å². The summed E-state index contributed by atoms with van der Waals surface area (Å²) in [6.07, 6.45) is 5.05. The largest absolute Gasteiger partial charge is 0.360 e. The average molecular weight is 534 g/mol. The number of hydrogen-bond donors (Lipinski definition) is 2. The number of hydrogen-bond acceptors (Lipinski definition) is 3. The summed E-state index contributed by atoms with van der Waals surface area (Å²) in [4.78, 5) is 28.1. The number of hydrazone groups is 1. The van der Waals surface area contributed by atoms with Crippen molar-refractivity contribution in [3.63, 3.8) is 0 Å². The van der Waals surface area contributed by atoms with Gasteiger partial charge in [0.15, 0.2) is 0 Å². The molecule has 6 nitrogen and oxygen atoms in total. The van der Waals surface area contributed by atoms with E-state index in [2.05, 4.69) is 36.0 Å². The van der Waals surface area contributed by atoms with Crippen LogP contribution >= 0.6 is 27.5 Å². The molecule has 0 aliphatic rings. The van der Waals surface area contributed by atoms with E-state index in [1.807, 2.05) is 66.9 Å². The van der Waals surface area contributed by atoms with Crippen LogP contribution in [0.3, 0.4) is 0 Å². The van der Waals surface area contributed by atoms with E-state index in [1.54, 1.807) is 12.3 Å². The van der Waals surface area contributed by atoms with Crippen molar-refractivity contribution in [2.45, 2.75) is 6.54 Å². The predicted molar refractivity (Wildman–Crippen MR) is 139 cm³/mol. The quantitative estimate of drug-likeness (QED) is 0.123. The summed E-state index contributed by atoms with van der Waals surface area (Å²) in [7, 11) is 0. The number of carbonyl (C=O) groups excluding carboxylic acids is 2. The van der Waals surface area contributed by atoms with Gasteiger partial charge in [0.05, 0.1) is 11.8 Å². The maximum atomic E-state index is 12.6. The Hall–Kier alpha value is -3.68. The zero-order valence-corrected chi connectivity index (χ0v) is 20.1. The van der Waals surface area contributed by atoms with Crippen LogP contribution in [-0.2, 0) is 11.3 Å². The van der Waals surface area contributed by atoms with Crippen LogP contribution in [0.4, 0.5) is 0 Å². The maximum absolute atomic E-state index is 12.6. The number of halogens is 2. The molecule has 5 aromatic rings. The molecule has 2 heterocycles.